The molecule has 360 valence electrons. The van der Waals surface area contributed by atoms with E-state index >= 15 is 0 Å². The normalized spacial score (nSPS) is 13.0. The molecule has 0 aliphatic carbocycles. The van der Waals surface area contributed by atoms with E-state index < -0.39 is 6.03 Å². The molecule has 19 heteroatoms. The van der Waals surface area contributed by atoms with Crippen molar-refractivity contribution in [2.24, 2.45) is 32.4 Å². The number of amidine groups is 2. The molecule has 2 aliphatic heterocycles. The number of hydrogen-bond acceptors (Lipinski definition) is 10. The van der Waals surface area contributed by atoms with Gasteiger partial charge < -0.3 is 27.0 Å². The van der Waals surface area contributed by atoms with Crippen molar-refractivity contribution in [3.63, 3.8) is 0 Å². The predicted molar refractivity (Wildman–Crippen MR) is 283 cm³/mol. The summed E-state index contributed by atoms with van der Waals surface area (Å²) in [5.41, 5.74) is 28.8. The first-order valence-corrected chi connectivity index (χ1v) is 23.0. The van der Waals surface area contributed by atoms with Crippen LogP contribution in [-0.2, 0) is 17.6 Å². The number of aliphatic imine (C=N–C) groups is 1. The molecule has 0 bridgehead atoms. The number of ketones is 2. The minimum Gasteiger partial charge on any atom is -0.385 e. The lowest BCUT2D eigenvalue weighted by molar-refractivity contribution is -0.526. The number of quaternary nitrogens is 1. The number of Topliss-reactive ketones (excluding diaryl/α,β-unsaturated/α-hetero) is 2. The van der Waals surface area contributed by atoms with Crippen molar-refractivity contribution in [1.82, 2.24) is 10.7 Å². The summed E-state index contributed by atoms with van der Waals surface area (Å²) in [6, 6.07) is 35.5. The molecule has 7 rings (SSSR count). The highest BCUT2D eigenvalue weighted by Gasteiger charge is 2.19. The molecule has 0 spiro atoms. The number of urea groups is 1. The molecule has 0 atom stereocenters. The average Bonchev–Trinajstić information content (AvgIpc) is 4.10. The molecule has 70 heavy (non-hydrogen) atoms. The van der Waals surface area contributed by atoms with Gasteiger partial charge in [-0.1, -0.05) is 62.0 Å². The third kappa shape index (κ3) is 15.5. The first kappa shape index (κ1) is 50.9. The standard InChI is InChI=1S/C31H32N6O3.C20H25N9S/c1-2-28(39)26-10-9-21(17-25(38)16-20-5-3-6-22(15-20)29-32-11-12-33-29)18-27(26)37-31(40)36-24-8-4-7-23(19-24)30-34-13-14-35-30;1-12(26-28-14(3)21)15-6-4-8-17(10-15)24-20(30)25-18-9-5-7-16(11-18)13(2)27-29-19(22)23/h3-10,15,18-19H,2,11-14,16-17H2,1H3,(H,32,33)(H,34,35)(H2,36,37,40);4-11,28H,3,21H2,1-2H3,(H4,22,23,29)(H2,24,25,30)/p+3/b;26-12+,27-13+. The van der Waals surface area contributed by atoms with Gasteiger partial charge in [0.2, 0.25) is 5.84 Å². The number of rotatable bonds is 17. The summed E-state index contributed by atoms with van der Waals surface area (Å²) >= 11 is 5.43. The number of thiocarbonyl (C=S) groups is 1. The van der Waals surface area contributed by atoms with E-state index in [1.807, 2.05) is 105 Å². The molecule has 18 nitrogen and oxygen atoms in total. The monoisotopic (exact) mass is 962 g/mol. The summed E-state index contributed by atoms with van der Waals surface area (Å²) < 4.78 is 0. The van der Waals surface area contributed by atoms with Crippen LogP contribution in [0.4, 0.5) is 27.5 Å². The fourth-order valence-corrected chi connectivity index (χ4v) is 7.54. The van der Waals surface area contributed by atoms with Gasteiger partial charge in [-0.05, 0) is 109 Å². The van der Waals surface area contributed by atoms with Crippen LogP contribution in [0.15, 0.2) is 143 Å². The van der Waals surface area contributed by atoms with Gasteiger partial charge in [-0.25, -0.2) is 9.79 Å². The van der Waals surface area contributed by atoms with Crippen LogP contribution in [-0.4, -0.2) is 77.9 Å². The minimum absolute atomic E-state index is 0.0280. The maximum absolute atomic E-state index is 13.0. The number of anilines is 4. The molecule has 5 aromatic rings. The molecule has 0 saturated carbocycles. The Morgan fingerprint density at radius 2 is 1.44 bits per heavy atom. The Bertz CT molecular complexity index is 2920. The zero-order chi connectivity index (χ0) is 50.0. The van der Waals surface area contributed by atoms with E-state index in [4.69, 9.17) is 29.4 Å². The quantitative estimate of drug-likeness (QED) is 0.0208. The molecule has 0 aromatic heterocycles. The van der Waals surface area contributed by atoms with Crippen LogP contribution in [0.5, 0.6) is 0 Å². The molecular weight excluding hydrogens is 903 g/mol. The van der Waals surface area contributed by atoms with Crippen molar-refractivity contribution in [2.75, 3.05) is 47.4 Å². The summed E-state index contributed by atoms with van der Waals surface area (Å²) in [6.07, 6.45) is 0.780. The van der Waals surface area contributed by atoms with Crippen molar-refractivity contribution in [2.45, 2.75) is 40.0 Å². The SMILES string of the molecule is C=C(N)N/N=C(\C)c1cccc(NC(=S)Nc2cccc(/C(C)=N/[NH+]=C(N)N)c2)c1.CCC(=O)c1ccc(CC(=O)Cc2cccc(C3=[NH+]CCN3)c2)cc1NC(=O)Nc1cccc(C2=NCC[NH2+]2)c1. The molecule has 0 saturated heterocycles. The summed E-state index contributed by atoms with van der Waals surface area (Å²) in [6.45, 7) is 12.5. The number of guanidine groups is 1. The second kappa shape index (κ2) is 25.0. The van der Waals surface area contributed by atoms with E-state index in [-0.39, 0.29) is 29.8 Å². The van der Waals surface area contributed by atoms with E-state index in [9.17, 15) is 14.4 Å². The van der Waals surface area contributed by atoms with Crippen molar-refractivity contribution < 1.29 is 29.8 Å². The highest BCUT2D eigenvalue weighted by Crippen LogP contribution is 2.22. The second-order valence-electron chi connectivity index (χ2n) is 16.2. The first-order valence-electron chi connectivity index (χ1n) is 22.6. The lowest BCUT2D eigenvalue weighted by Crippen LogP contribution is -2.86. The number of nitrogens with zero attached hydrogens (tertiary/aromatic N) is 3. The van der Waals surface area contributed by atoms with Gasteiger partial charge in [-0.3, -0.25) is 42.1 Å². The van der Waals surface area contributed by atoms with Crippen molar-refractivity contribution in [1.29, 1.82) is 0 Å². The van der Waals surface area contributed by atoms with Crippen LogP contribution in [0.3, 0.4) is 0 Å². The summed E-state index contributed by atoms with van der Waals surface area (Å²) in [4.78, 5) is 46.3. The summed E-state index contributed by atoms with van der Waals surface area (Å²) in [5, 5.41) is 28.7. The van der Waals surface area contributed by atoms with Crippen LogP contribution in [0, 0.1) is 0 Å². The van der Waals surface area contributed by atoms with Crippen LogP contribution in [0.25, 0.3) is 0 Å². The summed E-state index contributed by atoms with van der Waals surface area (Å²) in [7, 11) is 0. The molecule has 2 heterocycles. The van der Waals surface area contributed by atoms with Crippen LogP contribution >= 0.6 is 12.2 Å². The fraction of sp³-hybridized carbons (Fsp3) is 0.196. The number of hydrogen-bond donors (Lipinski definition) is 12. The van der Waals surface area contributed by atoms with Crippen molar-refractivity contribution >= 4 is 86.7 Å². The minimum atomic E-state index is -0.466. The Morgan fingerprint density at radius 3 is 2.07 bits per heavy atom. The van der Waals surface area contributed by atoms with E-state index in [2.05, 4.69) is 69.2 Å². The Morgan fingerprint density at radius 1 is 0.800 bits per heavy atom. The molecular formula is C51H60N15O3S+3. The Balaban J connectivity index is 0.000000240. The van der Waals surface area contributed by atoms with Gasteiger partial charge in [0.05, 0.1) is 34.8 Å². The Labute approximate surface area is 412 Å². The third-order valence-corrected chi connectivity index (χ3v) is 10.9. The highest BCUT2D eigenvalue weighted by molar-refractivity contribution is 7.80. The summed E-state index contributed by atoms with van der Waals surface area (Å²) in [5.74, 6) is 2.17. The van der Waals surface area contributed by atoms with Crippen molar-refractivity contribution in [3.8, 4) is 0 Å². The molecule has 2 amide bonds. The predicted octanol–water partition coefficient (Wildman–Crippen LogP) is 1.35. The number of carbonyl (C=O) groups excluding carboxylic acids is 3. The Kier molecular flexibility index (Phi) is 18.2. The number of nitrogens with one attached hydrogen (secondary N) is 8. The van der Waals surface area contributed by atoms with E-state index in [0.717, 1.165) is 94.0 Å². The number of amides is 2. The lowest BCUT2D eigenvalue weighted by atomic mass is 9.98. The maximum atomic E-state index is 13.0. The fourth-order valence-electron chi connectivity index (χ4n) is 7.31. The van der Waals surface area contributed by atoms with Gasteiger partial charge in [-0.2, -0.15) is 10.2 Å². The average molecular weight is 963 g/mol. The first-order chi connectivity index (χ1) is 33.7. The van der Waals surface area contributed by atoms with Gasteiger partial charge in [0.25, 0.3) is 5.84 Å². The zero-order valence-electron chi connectivity index (χ0n) is 39.4. The van der Waals surface area contributed by atoms with Crippen LogP contribution < -0.4 is 64.6 Å². The van der Waals surface area contributed by atoms with Crippen LogP contribution in [0.1, 0.15) is 70.9 Å². The number of hydrazone groups is 2. The molecule has 16 N–H and O–H groups in total. The van der Waals surface area contributed by atoms with Crippen molar-refractivity contribution in [3.05, 3.63) is 167 Å². The number of benzene rings is 5. The molecule has 0 radical (unpaired) electrons. The largest absolute Gasteiger partial charge is 0.385 e. The topological polar surface area (TPSA) is 283 Å². The van der Waals surface area contributed by atoms with E-state index in [1.165, 1.54) is 0 Å². The highest BCUT2D eigenvalue weighted by atomic mass is 32.1. The third-order valence-electron chi connectivity index (χ3n) is 10.7. The van der Waals surface area contributed by atoms with Crippen LogP contribution in [0.2, 0.25) is 0 Å². The van der Waals surface area contributed by atoms with Gasteiger partial charge in [0.1, 0.15) is 31.2 Å². The Hall–Kier alpha value is -8.55. The van der Waals surface area contributed by atoms with Gasteiger partial charge in [0, 0.05) is 47.5 Å². The second-order valence-corrected chi connectivity index (χ2v) is 16.6. The zero-order valence-corrected chi connectivity index (χ0v) is 40.2. The van der Waals surface area contributed by atoms with Gasteiger partial charge in [-0.15, -0.1) is 5.10 Å². The van der Waals surface area contributed by atoms with E-state index in [1.54, 1.807) is 31.2 Å². The van der Waals surface area contributed by atoms with Gasteiger partial charge in [0.15, 0.2) is 10.9 Å². The smallest absolute Gasteiger partial charge is 0.362 e. The molecule has 5 aromatic carbocycles. The molecule has 0 unspecified atom stereocenters. The van der Waals surface area contributed by atoms with Gasteiger partial charge >= 0.3 is 12.0 Å². The maximum Gasteiger partial charge on any atom is 0.362 e. The molecule has 2 aliphatic rings. The molecule has 0 fully saturated rings. The lowest BCUT2D eigenvalue weighted by Gasteiger charge is -2.13. The number of carbonyl (C=O) groups is 3. The number of nitrogens with two attached hydrogens (primary N) is 4. The van der Waals surface area contributed by atoms with E-state index in [0.29, 0.717) is 34.9 Å².